The zero-order chi connectivity index (χ0) is 14.6. The molecule has 1 aliphatic rings. The summed E-state index contributed by atoms with van der Waals surface area (Å²) >= 11 is 0. The van der Waals surface area contributed by atoms with Crippen molar-refractivity contribution >= 4 is 0 Å². The molecule has 0 aromatic heterocycles. The minimum atomic E-state index is 0.349. The minimum Gasteiger partial charge on any atom is -0.308 e. The quantitative estimate of drug-likeness (QED) is 0.789. The third-order valence-electron chi connectivity index (χ3n) is 5.44. The van der Waals surface area contributed by atoms with Crippen LogP contribution in [0.2, 0.25) is 0 Å². The molecule has 1 heterocycles. The molecule has 1 N–H and O–H groups in total. The Bertz CT molecular complexity index is 256. The maximum Gasteiger partial charge on any atom is 0.0304 e. The van der Waals surface area contributed by atoms with Gasteiger partial charge < -0.3 is 5.32 Å². The lowest BCUT2D eigenvalue weighted by molar-refractivity contribution is 0.0349. The first-order valence-corrected chi connectivity index (χ1v) is 8.34. The van der Waals surface area contributed by atoms with Crippen molar-refractivity contribution in [2.75, 3.05) is 19.6 Å². The summed E-state index contributed by atoms with van der Waals surface area (Å²) in [6.07, 6.45) is 2.47. The smallest absolute Gasteiger partial charge is 0.0304 e. The van der Waals surface area contributed by atoms with Crippen LogP contribution in [0.15, 0.2) is 0 Å². The van der Waals surface area contributed by atoms with E-state index in [1.54, 1.807) is 0 Å². The van der Waals surface area contributed by atoms with E-state index in [4.69, 9.17) is 0 Å². The highest BCUT2D eigenvalue weighted by Crippen LogP contribution is 2.27. The van der Waals surface area contributed by atoms with E-state index in [1.807, 2.05) is 0 Å². The van der Waals surface area contributed by atoms with Crippen LogP contribution in [0, 0.1) is 17.8 Å². The molecule has 19 heavy (non-hydrogen) atoms. The van der Waals surface area contributed by atoms with Gasteiger partial charge in [0.05, 0.1) is 0 Å². The van der Waals surface area contributed by atoms with Gasteiger partial charge in [-0.05, 0) is 30.6 Å². The van der Waals surface area contributed by atoms with E-state index in [9.17, 15) is 0 Å². The maximum absolute atomic E-state index is 3.85. The lowest BCUT2D eigenvalue weighted by Crippen LogP contribution is -2.65. The van der Waals surface area contributed by atoms with Crippen molar-refractivity contribution in [3.05, 3.63) is 0 Å². The number of hydrogen-bond acceptors (Lipinski definition) is 2. The minimum absolute atomic E-state index is 0.349. The van der Waals surface area contributed by atoms with Crippen molar-refractivity contribution < 1.29 is 0 Å². The summed E-state index contributed by atoms with van der Waals surface area (Å²) in [4.78, 5) is 2.78. The average Bonchev–Trinajstić information content (AvgIpc) is 2.38. The summed E-state index contributed by atoms with van der Waals surface area (Å²) < 4.78 is 0. The van der Waals surface area contributed by atoms with Gasteiger partial charge in [0.2, 0.25) is 0 Å². The number of nitrogens with zero attached hydrogens (tertiary/aromatic N) is 1. The molecule has 0 aromatic rings. The molecular formula is C17H36N2. The second kappa shape index (κ2) is 7.08. The summed E-state index contributed by atoms with van der Waals surface area (Å²) in [7, 11) is 0. The van der Waals surface area contributed by atoms with Gasteiger partial charge in [-0.25, -0.2) is 0 Å². The molecule has 0 bridgehead atoms. The Morgan fingerprint density at radius 1 is 1.11 bits per heavy atom. The second-order valence-corrected chi connectivity index (χ2v) is 7.33. The molecule has 1 rings (SSSR count). The Balaban J connectivity index is 2.78. The first-order chi connectivity index (χ1) is 8.85. The van der Waals surface area contributed by atoms with Crippen molar-refractivity contribution in [2.45, 2.75) is 72.9 Å². The van der Waals surface area contributed by atoms with E-state index in [0.29, 0.717) is 11.6 Å². The van der Waals surface area contributed by atoms with Gasteiger partial charge in [0.15, 0.2) is 0 Å². The molecule has 0 amide bonds. The number of nitrogens with one attached hydrogen (secondary N) is 1. The van der Waals surface area contributed by atoms with Crippen LogP contribution >= 0.6 is 0 Å². The zero-order valence-corrected chi connectivity index (χ0v) is 14.3. The summed E-state index contributed by atoms with van der Waals surface area (Å²) in [5.41, 5.74) is 0.349. The van der Waals surface area contributed by atoms with Gasteiger partial charge in [0.25, 0.3) is 0 Å². The highest BCUT2D eigenvalue weighted by atomic mass is 15.3. The SMILES string of the molecule is CCC1(CC)CN(CC(C)C(C)C)C(C(C)C)CN1. The molecule has 0 saturated carbocycles. The Morgan fingerprint density at radius 3 is 2.11 bits per heavy atom. The highest BCUT2D eigenvalue weighted by molar-refractivity contribution is 4.97. The molecule has 0 spiro atoms. The molecule has 0 aliphatic carbocycles. The summed E-state index contributed by atoms with van der Waals surface area (Å²) in [6, 6.07) is 0.701. The van der Waals surface area contributed by atoms with Crippen LogP contribution in [0.4, 0.5) is 0 Å². The van der Waals surface area contributed by atoms with Crippen LogP contribution in [-0.4, -0.2) is 36.1 Å². The van der Waals surface area contributed by atoms with Crippen molar-refractivity contribution in [1.82, 2.24) is 10.2 Å². The molecule has 1 saturated heterocycles. The Labute approximate surface area is 121 Å². The first-order valence-electron chi connectivity index (χ1n) is 8.34. The van der Waals surface area contributed by atoms with Crippen LogP contribution in [0.25, 0.3) is 0 Å². The number of rotatable bonds is 6. The number of hydrogen-bond donors (Lipinski definition) is 1. The lowest BCUT2D eigenvalue weighted by Gasteiger charge is -2.50. The Morgan fingerprint density at radius 2 is 1.68 bits per heavy atom. The van der Waals surface area contributed by atoms with Crippen LogP contribution in [0.5, 0.6) is 0 Å². The van der Waals surface area contributed by atoms with Crippen LogP contribution < -0.4 is 5.32 Å². The lowest BCUT2D eigenvalue weighted by atomic mass is 9.85. The molecule has 1 fully saturated rings. The Hall–Kier alpha value is -0.0800. The van der Waals surface area contributed by atoms with E-state index >= 15 is 0 Å². The van der Waals surface area contributed by atoms with E-state index in [0.717, 1.165) is 24.3 Å². The number of piperazine rings is 1. The largest absolute Gasteiger partial charge is 0.308 e. The van der Waals surface area contributed by atoms with Crippen LogP contribution in [0.3, 0.4) is 0 Å². The van der Waals surface area contributed by atoms with Crippen molar-refractivity contribution in [2.24, 2.45) is 17.8 Å². The van der Waals surface area contributed by atoms with E-state index < -0.39 is 0 Å². The predicted molar refractivity (Wildman–Crippen MR) is 85.5 cm³/mol. The van der Waals surface area contributed by atoms with Gasteiger partial charge in [0, 0.05) is 31.2 Å². The third kappa shape index (κ3) is 4.19. The van der Waals surface area contributed by atoms with Gasteiger partial charge >= 0.3 is 0 Å². The molecular weight excluding hydrogens is 232 g/mol. The fourth-order valence-electron chi connectivity index (χ4n) is 3.17. The second-order valence-electron chi connectivity index (χ2n) is 7.33. The Kier molecular flexibility index (Phi) is 6.32. The molecule has 0 radical (unpaired) electrons. The van der Waals surface area contributed by atoms with Crippen molar-refractivity contribution in [3.8, 4) is 0 Å². The van der Waals surface area contributed by atoms with Crippen LogP contribution in [-0.2, 0) is 0 Å². The summed E-state index contributed by atoms with van der Waals surface area (Å²) in [5, 5.41) is 3.85. The molecule has 114 valence electrons. The van der Waals surface area contributed by atoms with E-state index in [2.05, 4.69) is 58.7 Å². The van der Waals surface area contributed by atoms with Gasteiger partial charge in [-0.2, -0.15) is 0 Å². The van der Waals surface area contributed by atoms with Gasteiger partial charge in [-0.3, -0.25) is 4.90 Å². The first kappa shape index (κ1) is 17.0. The zero-order valence-electron chi connectivity index (χ0n) is 14.3. The molecule has 1 aliphatic heterocycles. The van der Waals surface area contributed by atoms with Crippen LogP contribution in [0.1, 0.15) is 61.3 Å². The van der Waals surface area contributed by atoms with E-state index in [-0.39, 0.29) is 0 Å². The third-order valence-corrected chi connectivity index (χ3v) is 5.44. The molecule has 0 aromatic carbocycles. The normalized spacial score (nSPS) is 26.1. The average molecular weight is 268 g/mol. The molecule has 2 atom stereocenters. The summed E-state index contributed by atoms with van der Waals surface area (Å²) in [6.45, 7) is 20.1. The fraction of sp³-hybridized carbons (Fsp3) is 1.00. The van der Waals surface area contributed by atoms with E-state index in [1.165, 1.54) is 25.9 Å². The van der Waals surface area contributed by atoms with Gasteiger partial charge in [-0.1, -0.05) is 48.5 Å². The fourth-order valence-corrected chi connectivity index (χ4v) is 3.17. The molecule has 2 heteroatoms. The van der Waals surface area contributed by atoms with Crippen molar-refractivity contribution in [1.29, 1.82) is 0 Å². The van der Waals surface area contributed by atoms with Gasteiger partial charge in [-0.15, -0.1) is 0 Å². The monoisotopic (exact) mass is 268 g/mol. The maximum atomic E-state index is 3.85. The van der Waals surface area contributed by atoms with Gasteiger partial charge in [0.1, 0.15) is 0 Å². The standard InChI is InChI=1S/C17H36N2/c1-8-17(9-2)12-19(11-15(7)13(3)4)16(10-18-17)14(5)6/h13-16,18H,8-12H2,1-7H3. The highest BCUT2D eigenvalue weighted by Gasteiger charge is 2.38. The topological polar surface area (TPSA) is 15.3 Å². The predicted octanol–water partition coefficient (Wildman–Crippen LogP) is 3.77. The molecule has 2 nitrogen and oxygen atoms in total. The molecule has 2 unspecified atom stereocenters. The summed E-state index contributed by atoms with van der Waals surface area (Å²) in [5.74, 6) is 2.30. The van der Waals surface area contributed by atoms with Crippen molar-refractivity contribution in [3.63, 3.8) is 0 Å².